The highest BCUT2D eigenvalue weighted by Crippen LogP contribution is 2.13. The number of nitrogens with zero attached hydrogens (tertiary/aromatic N) is 1. The van der Waals surface area contributed by atoms with Crippen molar-refractivity contribution in [3.8, 4) is 0 Å². The first-order valence-electron chi connectivity index (χ1n) is 6.60. The molecule has 3 nitrogen and oxygen atoms in total. The molecule has 1 N–H and O–H groups in total. The molecule has 0 aromatic heterocycles. The van der Waals surface area contributed by atoms with E-state index in [0.717, 1.165) is 37.1 Å². The number of carbonyl (C=O) groups excluding carboxylic acids is 1. The van der Waals surface area contributed by atoms with Crippen molar-refractivity contribution in [3.63, 3.8) is 0 Å². The van der Waals surface area contributed by atoms with Gasteiger partial charge in [0.15, 0.2) is 0 Å². The first kappa shape index (κ1) is 14.2. The summed E-state index contributed by atoms with van der Waals surface area (Å²) in [6, 6.07) is 0.970. The molecule has 1 amide bonds. The number of hydrogen-bond donors (Lipinski definition) is 1. The van der Waals surface area contributed by atoms with Gasteiger partial charge in [-0.1, -0.05) is 5.57 Å². The Bertz CT molecular complexity index is 295. The van der Waals surface area contributed by atoms with Crippen LogP contribution < -0.4 is 5.32 Å². The number of carbonyl (C=O) groups is 1. The molecule has 0 aliphatic carbocycles. The highest BCUT2D eigenvalue weighted by Gasteiger charge is 2.22. The van der Waals surface area contributed by atoms with Gasteiger partial charge in [-0.2, -0.15) is 0 Å². The molecule has 1 heterocycles. The zero-order valence-electron chi connectivity index (χ0n) is 11.8. The van der Waals surface area contributed by atoms with Gasteiger partial charge in [0.05, 0.1) is 0 Å². The fourth-order valence-electron chi connectivity index (χ4n) is 2.08. The van der Waals surface area contributed by atoms with E-state index in [1.54, 1.807) is 0 Å². The second kappa shape index (κ2) is 6.20. The lowest BCUT2D eigenvalue weighted by Gasteiger charge is -2.34. The molecular formula is C14H26N2O. The summed E-state index contributed by atoms with van der Waals surface area (Å²) in [4.78, 5) is 14.4. The van der Waals surface area contributed by atoms with Crippen molar-refractivity contribution in [2.75, 3.05) is 13.1 Å². The Hall–Kier alpha value is -0.830. The van der Waals surface area contributed by atoms with Crippen molar-refractivity contribution < 1.29 is 4.79 Å². The fraction of sp³-hybridized carbons (Fsp3) is 0.786. The van der Waals surface area contributed by atoms with Crippen LogP contribution in [0.5, 0.6) is 0 Å². The Kier molecular flexibility index (Phi) is 5.19. The number of piperidine rings is 1. The summed E-state index contributed by atoms with van der Waals surface area (Å²) in [7, 11) is 0. The molecule has 0 saturated carbocycles. The predicted octanol–water partition coefficient (Wildman–Crippen LogP) is 2.33. The monoisotopic (exact) mass is 238 g/mol. The van der Waals surface area contributed by atoms with Crippen LogP contribution in [-0.4, -0.2) is 36.0 Å². The van der Waals surface area contributed by atoms with Crippen molar-refractivity contribution in [3.05, 3.63) is 11.1 Å². The van der Waals surface area contributed by atoms with Crippen LogP contribution in [0.4, 0.5) is 0 Å². The van der Waals surface area contributed by atoms with Gasteiger partial charge in [-0.3, -0.25) is 4.79 Å². The standard InChI is InChI=1S/C14H26N2O/c1-10(2)12(5)14(17)15-13-6-8-16(9-7-13)11(3)4/h11,13H,6-9H2,1-5H3,(H,15,17). The quantitative estimate of drug-likeness (QED) is 0.765. The van der Waals surface area contributed by atoms with Gasteiger partial charge in [0.25, 0.3) is 0 Å². The second-order valence-electron chi connectivity index (χ2n) is 5.50. The number of amides is 1. The summed E-state index contributed by atoms with van der Waals surface area (Å²) in [5, 5.41) is 3.14. The Balaban J connectivity index is 2.41. The van der Waals surface area contributed by atoms with Gasteiger partial charge in [-0.05, 0) is 47.5 Å². The van der Waals surface area contributed by atoms with Gasteiger partial charge < -0.3 is 10.2 Å². The number of rotatable bonds is 3. The van der Waals surface area contributed by atoms with Crippen LogP contribution in [0.3, 0.4) is 0 Å². The lowest BCUT2D eigenvalue weighted by Crippen LogP contribution is -2.46. The highest BCUT2D eigenvalue weighted by molar-refractivity contribution is 5.93. The average Bonchev–Trinajstić information content (AvgIpc) is 2.28. The lowest BCUT2D eigenvalue weighted by molar-refractivity contribution is -0.118. The van der Waals surface area contributed by atoms with E-state index in [1.807, 2.05) is 20.8 Å². The van der Waals surface area contributed by atoms with Crippen LogP contribution >= 0.6 is 0 Å². The Morgan fingerprint density at radius 3 is 2.12 bits per heavy atom. The molecule has 0 unspecified atom stereocenters. The maximum absolute atomic E-state index is 11.9. The molecular weight excluding hydrogens is 212 g/mol. The van der Waals surface area contributed by atoms with E-state index in [-0.39, 0.29) is 5.91 Å². The largest absolute Gasteiger partial charge is 0.349 e. The summed E-state index contributed by atoms with van der Waals surface area (Å²) < 4.78 is 0. The van der Waals surface area contributed by atoms with Gasteiger partial charge in [0.2, 0.25) is 5.91 Å². The topological polar surface area (TPSA) is 32.3 Å². The normalized spacial score (nSPS) is 18.2. The minimum Gasteiger partial charge on any atom is -0.349 e. The van der Waals surface area contributed by atoms with Crippen LogP contribution in [0.2, 0.25) is 0 Å². The SMILES string of the molecule is CC(C)=C(C)C(=O)NC1CCN(C(C)C)CC1. The number of allylic oxidation sites excluding steroid dienone is 1. The zero-order valence-corrected chi connectivity index (χ0v) is 11.8. The smallest absolute Gasteiger partial charge is 0.247 e. The van der Waals surface area contributed by atoms with E-state index in [1.165, 1.54) is 0 Å². The predicted molar refractivity (Wildman–Crippen MR) is 71.9 cm³/mol. The number of hydrogen-bond acceptors (Lipinski definition) is 2. The molecule has 1 fully saturated rings. The Morgan fingerprint density at radius 1 is 1.18 bits per heavy atom. The average molecular weight is 238 g/mol. The van der Waals surface area contributed by atoms with E-state index < -0.39 is 0 Å². The highest BCUT2D eigenvalue weighted by atomic mass is 16.1. The van der Waals surface area contributed by atoms with Crippen molar-refractivity contribution in [2.24, 2.45) is 0 Å². The summed E-state index contributed by atoms with van der Waals surface area (Å²) >= 11 is 0. The lowest BCUT2D eigenvalue weighted by atomic mass is 10.0. The van der Waals surface area contributed by atoms with E-state index in [4.69, 9.17) is 0 Å². The molecule has 0 spiro atoms. The van der Waals surface area contributed by atoms with E-state index in [9.17, 15) is 4.79 Å². The van der Waals surface area contributed by atoms with Crippen LogP contribution in [0.1, 0.15) is 47.5 Å². The van der Waals surface area contributed by atoms with Crippen molar-refractivity contribution in [1.29, 1.82) is 0 Å². The number of likely N-dealkylation sites (tertiary alicyclic amines) is 1. The first-order chi connectivity index (χ1) is 7.91. The molecule has 98 valence electrons. The van der Waals surface area contributed by atoms with E-state index in [0.29, 0.717) is 12.1 Å². The third-order valence-corrected chi connectivity index (χ3v) is 3.69. The fourth-order valence-corrected chi connectivity index (χ4v) is 2.08. The second-order valence-corrected chi connectivity index (χ2v) is 5.50. The minimum absolute atomic E-state index is 0.105. The summed E-state index contributed by atoms with van der Waals surface area (Å²) in [5.74, 6) is 0.105. The summed E-state index contributed by atoms with van der Waals surface area (Å²) in [5.41, 5.74) is 1.96. The van der Waals surface area contributed by atoms with Crippen molar-refractivity contribution in [1.82, 2.24) is 10.2 Å². The van der Waals surface area contributed by atoms with Crippen molar-refractivity contribution >= 4 is 5.91 Å². The maximum atomic E-state index is 11.9. The molecule has 0 aromatic carbocycles. The maximum Gasteiger partial charge on any atom is 0.247 e. The molecule has 1 saturated heterocycles. The summed E-state index contributed by atoms with van der Waals surface area (Å²) in [6.45, 7) is 12.5. The molecule has 1 aliphatic heterocycles. The van der Waals surface area contributed by atoms with E-state index >= 15 is 0 Å². The molecule has 0 bridgehead atoms. The van der Waals surface area contributed by atoms with Crippen LogP contribution in [0, 0.1) is 0 Å². The minimum atomic E-state index is 0.105. The number of nitrogens with one attached hydrogen (secondary N) is 1. The molecule has 0 aromatic rings. The Labute approximate surface area is 105 Å². The van der Waals surface area contributed by atoms with Crippen LogP contribution in [0.15, 0.2) is 11.1 Å². The van der Waals surface area contributed by atoms with Crippen LogP contribution in [-0.2, 0) is 4.79 Å². The van der Waals surface area contributed by atoms with Gasteiger partial charge in [0.1, 0.15) is 0 Å². The van der Waals surface area contributed by atoms with Gasteiger partial charge in [0, 0.05) is 30.7 Å². The Morgan fingerprint density at radius 2 is 1.71 bits per heavy atom. The third-order valence-electron chi connectivity index (χ3n) is 3.69. The molecule has 0 atom stereocenters. The zero-order chi connectivity index (χ0) is 13.0. The van der Waals surface area contributed by atoms with Gasteiger partial charge >= 0.3 is 0 Å². The third kappa shape index (κ3) is 4.15. The van der Waals surface area contributed by atoms with E-state index in [2.05, 4.69) is 24.1 Å². The van der Waals surface area contributed by atoms with Gasteiger partial charge in [-0.15, -0.1) is 0 Å². The molecule has 17 heavy (non-hydrogen) atoms. The molecule has 3 heteroatoms. The molecule has 1 aliphatic rings. The van der Waals surface area contributed by atoms with Crippen molar-refractivity contribution in [2.45, 2.75) is 59.5 Å². The molecule has 0 radical (unpaired) electrons. The van der Waals surface area contributed by atoms with Crippen LogP contribution in [0.25, 0.3) is 0 Å². The molecule has 1 rings (SSSR count). The summed E-state index contributed by atoms with van der Waals surface area (Å²) in [6.07, 6.45) is 2.14. The van der Waals surface area contributed by atoms with Gasteiger partial charge in [-0.25, -0.2) is 0 Å². The first-order valence-corrected chi connectivity index (χ1v) is 6.60.